The molecule has 1 fully saturated rings. The average Bonchev–Trinajstić information content (AvgIpc) is 2.62. The average molecular weight is 367 g/mol. The summed E-state index contributed by atoms with van der Waals surface area (Å²) in [5.74, 6) is -3.85. The van der Waals surface area contributed by atoms with Crippen LogP contribution in [-0.2, 0) is 24.6 Å². The fourth-order valence-electron chi connectivity index (χ4n) is 2.59. The van der Waals surface area contributed by atoms with E-state index in [2.05, 4.69) is 5.32 Å². The van der Waals surface area contributed by atoms with Crippen molar-refractivity contribution in [2.24, 2.45) is 0 Å². The Kier molecular flexibility index (Phi) is 7.41. The van der Waals surface area contributed by atoms with Gasteiger partial charge in [-0.2, -0.15) is 0 Å². The lowest BCUT2D eigenvalue weighted by molar-refractivity contribution is -0.165. The van der Waals surface area contributed by atoms with Crippen molar-refractivity contribution in [3.05, 3.63) is 35.9 Å². The second-order valence-electron chi connectivity index (χ2n) is 5.75. The number of rotatable bonds is 5. The Morgan fingerprint density at radius 2 is 1.58 bits per heavy atom. The molecule has 3 atom stereocenters. The van der Waals surface area contributed by atoms with E-state index in [-0.39, 0.29) is 11.8 Å². The number of carboxylic acid groups (broad SMARTS) is 2. The quantitative estimate of drug-likeness (QED) is 0.441. The monoisotopic (exact) mass is 367 g/mol. The molecule has 0 spiro atoms. The van der Waals surface area contributed by atoms with Crippen LogP contribution in [0.15, 0.2) is 30.3 Å². The van der Waals surface area contributed by atoms with Crippen molar-refractivity contribution in [2.45, 2.75) is 43.8 Å². The lowest BCUT2D eigenvalue weighted by atomic mass is 9.72. The largest absolute Gasteiger partial charge is 0.479 e. The molecule has 0 radical (unpaired) electrons. The van der Waals surface area contributed by atoms with Gasteiger partial charge in [-0.1, -0.05) is 37.3 Å². The number of carboxylic acids is 2. The van der Waals surface area contributed by atoms with Gasteiger partial charge in [0.1, 0.15) is 0 Å². The van der Waals surface area contributed by atoms with Crippen molar-refractivity contribution in [3.63, 3.8) is 0 Å². The van der Waals surface area contributed by atoms with Gasteiger partial charge in [0.15, 0.2) is 12.2 Å². The number of hydrogen-bond donors (Lipinski definition) is 5. The summed E-state index contributed by atoms with van der Waals surface area (Å²) in [6.45, 7) is 1.99. The minimum Gasteiger partial charge on any atom is -0.479 e. The molecule has 9 heteroatoms. The fraction of sp³-hybridized carbons (Fsp3) is 0.412. The summed E-state index contributed by atoms with van der Waals surface area (Å²) < 4.78 is 0. The predicted octanol–water partition coefficient (Wildman–Crippen LogP) is -0.352. The van der Waals surface area contributed by atoms with Gasteiger partial charge < -0.3 is 20.4 Å². The van der Waals surface area contributed by atoms with E-state index in [0.717, 1.165) is 12.0 Å². The third-order valence-corrected chi connectivity index (χ3v) is 4.20. The maximum absolute atomic E-state index is 12.0. The number of nitrogens with one attached hydrogen (secondary N) is 1. The second kappa shape index (κ2) is 9.07. The molecule has 1 heterocycles. The van der Waals surface area contributed by atoms with Gasteiger partial charge in [-0.3, -0.25) is 14.9 Å². The number of amides is 2. The Morgan fingerprint density at radius 1 is 1.08 bits per heavy atom. The summed E-state index contributed by atoms with van der Waals surface area (Å²) in [6.07, 6.45) is -2.78. The molecule has 1 aromatic carbocycles. The van der Waals surface area contributed by atoms with Crippen LogP contribution in [0.25, 0.3) is 0 Å². The van der Waals surface area contributed by atoms with Crippen LogP contribution in [0.4, 0.5) is 0 Å². The minimum absolute atomic E-state index is 0.155. The third kappa shape index (κ3) is 4.87. The van der Waals surface area contributed by atoms with E-state index in [4.69, 9.17) is 20.4 Å². The van der Waals surface area contributed by atoms with E-state index >= 15 is 0 Å². The lowest BCUT2D eigenvalue weighted by Crippen LogP contribution is -2.51. The molecule has 0 aliphatic carbocycles. The summed E-state index contributed by atoms with van der Waals surface area (Å²) in [5, 5.41) is 35.0. The lowest BCUT2D eigenvalue weighted by Gasteiger charge is -2.34. The van der Waals surface area contributed by atoms with E-state index in [0.29, 0.717) is 12.8 Å². The smallest absolute Gasteiger partial charge is 0.335 e. The summed E-state index contributed by atoms with van der Waals surface area (Å²) in [7, 11) is 0. The summed E-state index contributed by atoms with van der Waals surface area (Å²) in [5.41, 5.74) is 0.484. The Bertz CT molecular complexity index is 657. The zero-order chi connectivity index (χ0) is 19.9. The van der Waals surface area contributed by atoms with Gasteiger partial charge in [0, 0.05) is 6.42 Å². The zero-order valence-electron chi connectivity index (χ0n) is 14.1. The van der Waals surface area contributed by atoms with E-state index in [1.54, 1.807) is 0 Å². The van der Waals surface area contributed by atoms with E-state index in [1.807, 2.05) is 37.3 Å². The number of aliphatic hydroxyl groups excluding tert-OH is 2. The van der Waals surface area contributed by atoms with E-state index in [9.17, 15) is 19.2 Å². The molecule has 3 unspecified atom stereocenters. The Hall–Kier alpha value is -2.78. The highest BCUT2D eigenvalue weighted by molar-refractivity contribution is 6.03. The van der Waals surface area contributed by atoms with Crippen LogP contribution in [0.5, 0.6) is 0 Å². The van der Waals surface area contributed by atoms with Crippen LogP contribution >= 0.6 is 0 Å². The van der Waals surface area contributed by atoms with Gasteiger partial charge in [-0.25, -0.2) is 9.59 Å². The number of hydrogen-bond acceptors (Lipinski definition) is 6. The standard InChI is InChI=1S/C13H15NO2.C4H6O6/c1-2-13(10-6-4-3-5-7-10)9-8-11(15)14-12(13)16;5-1(3(7)8)2(6)4(9)10/h3-7H,2,8-9H2,1H3,(H,14,15,16);1-2,5-6H,(H,7,8)(H,9,10). The predicted molar refractivity (Wildman–Crippen MR) is 88.1 cm³/mol. The van der Waals surface area contributed by atoms with Gasteiger partial charge >= 0.3 is 11.9 Å². The molecule has 142 valence electrons. The Labute approximate surface area is 149 Å². The number of carbonyl (C=O) groups is 4. The normalized spacial score (nSPS) is 21.7. The van der Waals surface area contributed by atoms with Crippen LogP contribution in [0.1, 0.15) is 31.7 Å². The molecule has 1 aromatic rings. The Balaban J connectivity index is 0.000000294. The number of piperidine rings is 1. The molecule has 0 saturated carbocycles. The minimum atomic E-state index is -2.27. The van der Waals surface area contributed by atoms with Crippen molar-refractivity contribution >= 4 is 23.8 Å². The molecule has 9 nitrogen and oxygen atoms in total. The number of aliphatic hydroxyl groups is 2. The molecule has 2 amide bonds. The molecular weight excluding hydrogens is 346 g/mol. The first kappa shape index (κ1) is 21.3. The van der Waals surface area contributed by atoms with Crippen LogP contribution in [0.3, 0.4) is 0 Å². The SMILES string of the molecule is CCC1(c2ccccc2)CCC(=O)NC1=O.O=C(O)C(O)C(O)C(=O)O. The summed E-state index contributed by atoms with van der Waals surface area (Å²) in [6, 6.07) is 9.70. The zero-order valence-corrected chi connectivity index (χ0v) is 14.1. The topological polar surface area (TPSA) is 161 Å². The highest BCUT2D eigenvalue weighted by Gasteiger charge is 2.42. The van der Waals surface area contributed by atoms with Crippen molar-refractivity contribution < 1.29 is 39.6 Å². The molecule has 1 aliphatic rings. The molecule has 2 rings (SSSR count). The first-order chi connectivity index (χ1) is 12.2. The van der Waals surface area contributed by atoms with Crippen molar-refractivity contribution in [2.75, 3.05) is 0 Å². The molecule has 0 aromatic heterocycles. The summed E-state index contributed by atoms with van der Waals surface area (Å²) >= 11 is 0. The van der Waals surface area contributed by atoms with Crippen LogP contribution in [0, 0.1) is 0 Å². The summed E-state index contributed by atoms with van der Waals surface area (Å²) in [4.78, 5) is 42.7. The third-order valence-electron chi connectivity index (χ3n) is 4.20. The van der Waals surface area contributed by atoms with Crippen LogP contribution in [-0.4, -0.2) is 56.4 Å². The molecule has 26 heavy (non-hydrogen) atoms. The number of imide groups is 1. The number of benzene rings is 1. The van der Waals surface area contributed by atoms with E-state index < -0.39 is 29.6 Å². The van der Waals surface area contributed by atoms with Crippen LogP contribution in [0.2, 0.25) is 0 Å². The molecule has 1 aliphatic heterocycles. The van der Waals surface area contributed by atoms with Crippen molar-refractivity contribution in [1.29, 1.82) is 0 Å². The fourth-order valence-corrected chi connectivity index (χ4v) is 2.59. The van der Waals surface area contributed by atoms with Gasteiger partial charge in [0.25, 0.3) is 0 Å². The molecular formula is C17H21NO8. The van der Waals surface area contributed by atoms with Gasteiger partial charge in [-0.15, -0.1) is 0 Å². The first-order valence-electron chi connectivity index (χ1n) is 7.87. The highest BCUT2D eigenvalue weighted by atomic mass is 16.4. The van der Waals surface area contributed by atoms with Gasteiger partial charge in [-0.05, 0) is 18.4 Å². The highest BCUT2D eigenvalue weighted by Crippen LogP contribution is 2.35. The maximum Gasteiger partial charge on any atom is 0.335 e. The van der Waals surface area contributed by atoms with Gasteiger partial charge in [0.05, 0.1) is 5.41 Å². The van der Waals surface area contributed by atoms with Gasteiger partial charge in [0.2, 0.25) is 11.8 Å². The van der Waals surface area contributed by atoms with Crippen molar-refractivity contribution in [1.82, 2.24) is 5.32 Å². The first-order valence-corrected chi connectivity index (χ1v) is 7.87. The molecule has 1 saturated heterocycles. The maximum atomic E-state index is 12.0. The second-order valence-corrected chi connectivity index (χ2v) is 5.75. The van der Waals surface area contributed by atoms with E-state index in [1.165, 1.54) is 0 Å². The van der Waals surface area contributed by atoms with Crippen molar-refractivity contribution in [3.8, 4) is 0 Å². The molecule has 5 N–H and O–H groups in total. The number of carbonyl (C=O) groups excluding carboxylic acids is 2. The van der Waals surface area contributed by atoms with Crippen LogP contribution < -0.4 is 5.32 Å². The Morgan fingerprint density at radius 3 is 1.96 bits per heavy atom. The molecule has 0 bridgehead atoms. The number of aliphatic carboxylic acids is 2.